The summed E-state index contributed by atoms with van der Waals surface area (Å²) < 4.78 is 104. The van der Waals surface area contributed by atoms with Crippen molar-refractivity contribution in [1.29, 1.82) is 0 Å². The minimum Gasteiger partial charge on any atom is -0.289 e. The van der Waals surface area contributed by atoms with E-state index in [-0.39, 0.29) is 0 Å². The Balaban J connectivity index is 2.40. The fraction of sp³-hybridized carbons (Fsp3) is 0.0625. The van der Waals surface area contributed by atoms with Gasteiger partial charge >= 0.3 is 6.18 Å². The van der Waals surface area contributed by atoms with Gasteiger partial charge in [-0.1, -0.05) is 12.1 Å². The molecule has 1 nitrogen and oxygen atoms in total. The van der Waals surface area contributed by atoms with E-state index in [1.807, 2.05) is 0 Å². The first kappa shape index (κ1) is 18.6. The van der Waals surface area contributed by atoms with Crippen LogP contribution in [0.2, 0.25) is 0 Å². The van der Waals surface area contributed by atoms with Gasteiger partial charge in [0, 0.05) is 5.56 Å². The van der Waals surface area contributed by atoms with Crippen molar-refractivity contribution in [3.05, 3.63) is 76.1 Å². The third-order valence-electron chi connectivity index (χ3n) is 3.12. The highest BCUT2D eigenvalue weighted by molar-refractivity contribution is 6.06. The monoisotopic (exact) mass is 366 g/mol. The Hall–Kier alpha value is -2.71. The van der Waals surface area contributed by atoms with Crippen molar-refractivity contribution >= 4 is 11.9 Å². The van der Waals surface area contributed by atoms with Crippen LogP contribution in [0.4, 0.5) is 35.1 Å². The predicted octanol–water partition coefficient (Wildman–Crippen LogP) is 5.30. The second-order valence-electron chi connectivity index (χ2n) is 4.76. The number of halogens is 8. The molecule has 0 heterocycles. The molecule has 0 saturated carbocycles. The molecule has 0 amide bonds. The van der Waals surface area contributed by atoms with Crippen molar-refractivity contribution in [2.45, 2.75) is 6.18 Å². The first-order chi connectivity index (χ1) is 11.5. The first-order valence-corrected chi connectivity index (χ1v) is 6.45. The van der Waals surface area contributed by atoms with Crippen LogP contribution >= 0.6 is 0 Å². The highest BCUT2D eigenvalue weighted by Gasteiger charge is 2.30. The maximum atomic E-state index is 13.4. The van der Waals surface area contributed by atoms with Crippen molar-refractivity contribution in [3.63, 3.8) is 0 Å². The summed E-state index contributed by atoms with van der Waals surface area (Å²) in [5, 5.41) is 0. The SMILES string of the molecule is O=C(C=Cc1c(F)c(F)c(F)c(F)c1F)c1cccc(C(F)(F)F)c1. The van der Waals surface area contributed by atoms with Crippen LogP contribution in [0.3, 0.4) is 0 Å². The molecule has 0 radical (unpaired) electrons. The zero-order valence-corrected chi connectivity index (χ0v) is 11.9. The molecule has 0 aliphatic rings. The third kappa shape index (κ3) is 3.70. The number of alkyl halides is 3. The molecule has 0 spiro atoms. The molecule has 0 aliphatic carbocycles. The highest BCUT2D eigenvalue weighted by atomic mass is 19.4. The summed E-state index contributed by atoms with van der Waals surface area (Å²) in [5.41, 5.74) is -2.99. The predicted molar refractivity (Wildman–Crippen MR) is 71.0 cm³/mol. The van der Waals surface area contributed by atoms with Gasteiger partial charge in [-0.05, 0) is 24.3 Å². The summed E-state index contributed by atoms with van der Waals surface area (Å²) >= 11 is 0. The van der Waals surface area contributed by atoms with Crippen LogP contribution in [-0.2, 0) is 6.18 Å². The molecule has 9 heteroatoms. The number of allylic oxidation sites excluding steroid dienone is 1. The number of hydrogen-bond donors (Lipinski definition) is 0. The van der Waals surface area contributed by atoms with Crippen LogP contribution in [0.1, 0.15) is 21.5 Å². The average Bonchev–Trinajstić information content (AvgIpc) is 2.57. The summed E-state index contributed by atoms with van der Waals surface area (Å²) in [7, 11) is 0. The van der Waals surface area contributed by atoms with E-state index >= 15 is 0 Å². The van der Waals surface area contributed by atoms with Gasteiger partial charge in [-0.3, -0.25) is 4.79 Å². The van der Waals surface area contributed by atoms with E-state index in [0.717, 1.165) is 12.1 Å². The Morgan fingerprint density at radius 3 is 1.88 bits per heavy atom. The summed E-state index contributed by atoms with van der Waals surface area (Å²) in [6.45, 7) is 0. The zero-order chi connectivity index (χ0) is 18.9. The quantitative estimate of drug-likeness (QED) is 0.237. The molecule has 0 bridgehead atoms. The fourth-order valence-corrected chi connectivity index (χ4v) is 1.87. The number of rotatable bonds is 3. The molecule has 2 aromatic rings. The van der Waals surface area contributed by atoms with Gasteiger partial charge in [0.05, 0.1) is 11.1 Å². The van der Waals surface area contributed by atoms with Gasteiger partial charge in [0.1, 0.15) is 0 Å². The molecule has 0 atom stereocenters. The topological polar surface area (TPSA) is 17.1 Å². The van der Waals surface area contributed by atoms with Crippen molar-refractivity contribution in [2.75, 3.05) is 0 Å². The summed E-state index contributed by atoms with van der Waals surface area (Å²) in [5.74, 6) is -12.2. The Bertz CT molecular complexity index is 838. The van der Waals surface area contributed by atoms with Crippen LogP contribution in [0, 0.1) is 29.1 Å². The Morgan fingerprint density at radius 1 is 0.840 bits per heavy atom. The molecule has 0 unspecified atom stereocenters. The maximum absolute atomic E-state index is 13.4. The average molecular weight is 366 g/mol. The van der Waals surface area contributed by atoms with Crippen LogP contribution in [-0.4, -0.2) is 5.78 Å². The minimum atomic E-state index is -4.72. The summed E-state index contributed by atoms with van der Waals surface area (Å²) in [6.07, 6.45) is -4.01. The molecule has 0 aliphatic heterocycles. The van der Waals surface area contributed by atoms with Crippen molar-refractivity contribution < 1.29 is 39.9 Å². The number of hydrogen-bond acceptors (Lipinski definition) is 1. The molecule has 0 fully saturated rings. The lowest BCUT2D eigenvalue weighted by atomic mass is 10.1. The van der Waals surface area contributed by atoms with Crippen molar-refractivity contribution in [2.24, 2.45) is 0 Å². The molecular formula is C16H6F8O. The van der Waals surface area contributed by atoms with E-state index in [0.29, 0.717) is 24.3 Å². The number of carbonyl (C=O) groups excluding carboxylic acids is 1. The van der Waals surface area contributed by atoms with Crippen LogP contribution in [0.25, 0.3) is 6.08 Å². The number of benzene rings is 2. The Morgan fingerprint density at radius 2 is 1.36 bits per heavy atom. The lowest BCUT2D eigenvalue weighted by Crippen LogP contribution is -2.07. The van der Waals surface area contributed by atoms with E-state index in [9.17, 15) is 39.9 Å². The molecule has 2 aromatic carbocycles. The van der Waals surface area contributed by atoms with Crippen LogP contribution in [0.5, 0.6) is 0 Å². The first-order valence-electron chi connectivity index (χ1n) is 6.45. The third-order valence-corrected chi connectivity index (χ3v) is 3.12. The zero-order valence-electron chi connectivity index (χ0n) is 11.9. The van der Waals surface area contributed by atoms with Crippen LogP contribution in [0.15, 0.2) is 30.3 Å². The van der Waals surface area contributed by atoms with E-state index in [1.54, 1.807) is 0 Å². The molecular weight excluding hydrogens is 360 g/mol. The van der Waals surface area contributed by atoms with Gasteiger partial charge in [-0.15, -0.1) is 0 Å². The smallest absolute Gasteiger partial charge is 0.289 e. The second-order valence-corrected chi connectivity index (χ2v) is 4.76. The highest BCUT2D eigenvalue weighted by Crippen LogP contribution is 2.30. The lowest BCUT2D eigenvalue weighted by molar-refractivity contribution is -0.137. The van der Waals surface area contributed by atoms with E-state index < -0.39 is 57.7 Å². The molecule has 0 aromatic heterocycles. The number of carbonyl (C=O) groups is 1. The maximum Gasteiger partial charge on any atom is 0.416 e. The molecule has 0 saturated heterocycles. The summed E-state index contributed by atoms with van der Waals surface area (Å²) in [4.78, 5) is 11.8. The van der Waals surface area contributed by atoms with E-state index in [4.69, 9.17) is 0 Å². The normalized spacial score (nSPS) is 12.0. The van der Waals surface area contributed by atoms with Gasteiger partial charge in [0.2, 0.25) is 5.82 Å². The van der Waals surface area contributed by atoms with Crippen LogP contribution < -0.4 is 0 Å². The second kappa shape index (κ2) is 6.66. The molecule has 25 heavy (non-hydrogen) atoms. The Kier molecular flexibility index (Phi) is 4.96. The lowest BCUT2D eigenvalue weighted by Gasteiger charge is -2.07. The van der Waals surface area contributed by atoms with Gasteiger partial charge in [-0.2, -0.15) is 13.2 Å². The largest absolute Gasteiger partial charge is 0.416 e. The molecule has 0 N–H and O–H groups in total. The fourth-order valence-electron chi connectivity index (χ4n) is 1.87. The van der Waals surface area contributed by atoms with Gasteiger partial charge in [-0.25, -0.2) is 22.0 Å². The summed E-state index contributed by atoms with van der Waals surface area (Å²) in [6, 6.07) is 3.12. The molecule has 2 rings (SSSR count). The standard InChI is InChI=1S/C16H6F8O/c17-11-9(12(18)14(20)15(21)13(11)19)4-5-10(25)7-2-1-3-8(6-7)16(22,23)24/h1-6H. The number of ketones is 1. The van der Waals surface area contributed by atoms with Gasteiger partial charge < -0.3 is 0 Å². The van der Waals surface area contributed by atoms with Gasteiger partial charge in [0.25, 0.3) is 0 Å². The van der Waals surface area contributed by atoms with Gasteiger partial charge in [0.15, 0.2) is 29.1 Å². The van der Waals surface area contributed by atoms with Crippen molar-refractivity contribution in [1.82, 2.24) is 0 Å². The Labute approximate surface area is 135 Å². The van der Waals surface area contributed by atoms with Crippen molar-refractivity contribution in [3.8, 4) is 0 Å². The molecule has 132 valence electrons. The minimum absolute atomic E-state index is 0.304. The van der Waals surface area contributed by atoms with E-state index in [1.165, 1.54) is 0 Å². The van der Waals surface area contributed by atoms with E-state index in [2.05, 4.69) is 0 Å².